The number of Topliss-reactive ketones (excluding diaryl/α,β-unsaturated/α-hetero) is 2. The predicted molar refractivity (Wildman–Crippen MR) is 157 cm³/mol. The van der Waals surface area contributed by atoms with E-state index in [1.165, 1.54) is 13.0 Å². The van der Waals surface area contributed by atoms with Gasteiger partial charge in [-0.3, -0.25) is 19.2 Å². The molecule has 0 radical (unpaired) electrons. The molecule has 2 fully saturated rings. The van der Waals surface area contributed by atoms with E-state index in [9.17, 15) is 32.1 Å². The quantitative estimate of drug-likeness (QED) is 0.235. The molecule has 2 aliphatic rings. The van der Waals surface area contributed by atoms with E-state index in [1.54, 1.807) is 24.3 Å². The van der Waals surface area contributed by atoms with Gasteiger partial charge in [-0.2, -0.15) is 0 Å². The van der Waals surface area contributed by atoms with E-state index in [0.29, 0.717) is 42.7 Å². The summed E-state index contributed by atoms with van der Waals surface area (Å²) in [7, 11) is -4.88. The largest absolute Gasteiger partial charge is 1.00 e. The van der Waals surface area contributed by atoms with Crippen LogP contribution in [0.5, 0.6) is 0 Å². The predicted octanol–water partition coefficient (Wildman–Crippen LogP) is 2.06. The van der Waals surface area contributed by atoms with Crippen molar-refractivity contribution in [1.82, 2.24) is 10.6 Å². The molecule has 2 saturated carbocycles. The van der Waals surface area contributed by atoms with E-state index in [0.717, 1.165) is 44.2 Å². The first kappa shape index (κ1) is 35.1. The summed E-state index contributed by atoms with van der Waals surface area (Å²) in [6, 6.07) is 9.92. The molecule has 0 atom stereocenters. The summed E-state index contributed by atoms with van der Waals surface area (Å²) < 4.78 is 35.6. The van der Waals surface area contributed by atoms with Crippen molar-refractivity contribution in [3.05, 3.63) is 64.7 Å². The number of amides is 2. The molecule has 0 unspecified atom stereocenters. The maximum atomic E-state index is 13.2. The van der Waals surface area contributed by atoms with Crippen LogP contribution in [-0.2, 0) is 10.1 Å². The minimum absolute atomic E-state index is 0. The summed E-state index contributed by atoms with van der Waals surface area (Å²) in [6.07, 6.45) is 7.69. The van der Waals surface area contributed by atoms with Crippen LogP contribution in [-0.4, -0.2) is 48.4 Å². The average Bonchev–Trinajstić information content (AvgIpc) is 2.97. The number of ketones is 2. The van der Waals surface area contributed by atoms with Crippen molar-refractivity contribution in [2.45, 2.75) is 95.0 Å². The second-order valence-electron chi connectivity index (χ2n) is 11.8. The average molecular weight is 619 g/mol. The van der Waals surface area contributed by atoms with Gasteiger partial charge < -0.3 is 15.2 Å². The Kier molecular flexibility index (Phi) is 12.7. The number of hydrogen-bond acceptors (Lipinski definition) is 7. The van der Waals surface area contributed by atoms with Gasteiger partial charge in [0.15, 0.2) is 11.6 Å². The Labute approximate surface area is 276 Å². The molecule has 4 rings (SSSR count). The Morgan fingerprint density at radius 1 is 0.721 bits per heavy atom. The zero-order chi connectivity index (χ0) is 30.4. The van der Waals surface area contributed by atoms with E-state index in [1.807, 2.05) is 0 Å². The summed E-state index contributed by atoms with van der Waals surface area (Å²) >= 11 is 0. The molecule has 2 aromatic carbocycles. The standard InChI is InChI=1S/C32H40N2O7S.Na/c1-3-21-4-12-27(13-5-21)34-32(38)26-17-25(18-29(19-26)42(39,40)41)30(36)16-22-6-14-28(15-7-22)33-31(37)24-10-8-23(9-11-24)20(2)35;/h8-11,17-19,21-22,27-28H,3-7,12-16H2,1-2H3,(H,33,37)(H,34,38)(H,39,40,41);/q;+1/p-1. The maximum Gasteiger partial charge on any atom is 1.00 e. The van der Waals surface area contributed by atoms with E-state index in [2.05, 4.69) is 17.6 Å². The van der Waals surface area contributed by atoms with Crippen LogP contribution in [0.2, 0.25) is 0 Å². The van der Waals surface area contributed by atoms with Gasteiger partial charge in [0.05, 0.1) is 4.90 Å². The third kappa shape index (κ3) is 9.81. The summed E-state index contributed by atoms with van der Waals surface area (Å²) in [4.78, 5) is 49.7. The third-order valence-electron chi connectivity index (χ3n) is 8.75. The van der Waals surface area contributed by atoms with Crippen molar-refractivity contribution < 1.29 is 61.7 Å². The van der Waals surface area contributed by atoms with Crippen LogP contribution in [0.4, 0.5) is 0 Å². The number of carbonyl (C=O) groups excluding carboxylic acids is 4. The van der Waals surface area contributed by atoms with Crippen LogP contribution in [0.25, 0.3) is 0 Å². The number of hydrogen-bond donors (Lipinski definition) is 2. The zero-order valence-electron chi connectivity index (χ0n) is 25.2. The molecule has 2 aliphatic carbocycles. The molecular weight excluding hydrogens is 579 g/mol. The Balaban J connectivity index is 0.00000506. The molecule has 2 aromatic rings. The van der Waals surface area contributed by atoms with Gasteiger partial charge in [-0.1, -0.05) is 25.5 Å². The smallest absolute Gasteiger partial charge is 0.744 e. The van der Waals surface area contributed by atoms with Crippen molar-refractivity contribution in [1.29, 1.82) is 0 Å². The molecule has 0 heterocycles. The molecule has 226 valence electrons. The number of benzene rings is 2. The first-order chi connectivity index (χ1) is 19.9. The fourth-order valence-electron chi connectivity index (χ4n) is 6.04. The van der Waals surface area contributed by atoms with Crippen LogP contribution in [0, 0.1) is 11.8 Å². The van der Waals surface area contributed by atoms with E-state index >= 15 is 0 Å². The molecule has 2 N–H and O–H groups in total. The second kappa shape index (κ2) is 15.6. The van der Waals surface area contributed by atoms with Crippen molar-refractivity contribution in [2.75, 3.05) is 0 Å². The molecule has 0 saturated heterocycles. The number of carbonyl (C=O) groups is 4. The molecular formula is C32H39N2NaO7S. The van der Waals surface area contributed by atoms with Crippen LogP contribution < -0.4 is 40.2 Å². The molecule has 43 heavy (non-hydrogen) atoms. The van der Waals surface area contributed by atoms with Gasteiger partial charge in [0.25, 0.3) is 11.8 Å². The van der Waals surface area contributed by atoms with Gasteiger partial charge >= 0.3 is 29.6 Å². The van der Waals surface area contributed by atoms with E-state index < -0.39 is 20.9 Å². The first-order valence-corrected chi connectivity index (χ1v) is 16.2. The van der Waals surface area contributed by atoms with E-state index in [4.69, 9.17) is 0 Å². The number of nitrogens with one attached hydrogen (secondary N) is 2. The van der Waals surface area contributed by atoms with Crippen LogP contribution >= 0.6 is 0 Å². The Bertz CT molecular complexity index is 1430. The van der Waals surface area contributed by atoms with Gasteiger partial charge in [-0.25, -0.2) is 8.42 Å². The minimum Gasteiger partial charge on any atom is -0.744 e. The second-order valence-corrected chi connectivity index (χ2v) is 13.1. The molecule has 0 aromatic heterocycles. The Morgan fingerprint density at radius 2 is 1.19 bits per heavy atom. The topological polar surface area (TPSA) is 150 Å². The number of rotatable bonds is 10. The monoisotopic (exact) mass is 618 g/mol. The van der Waals surface area contributed by atoms with Crippen molar-refractivity contribution in [2.24, 2.45) is 11.8 Å². The minimum atomic E-state index is -4.88. The molecule has 0 aliphatic heterocycles. The summed E-state index contributed by atoms with van der Waals surface area (Å²) in [5.74, 6) is -0.421. The van der Waals surface area contributed by atoms with Crippen molar-refractivity contribution in [3.8, 4) is 0 Å². The molecule has 0 spiro atoms. The molecule has 0 bridgehead atoms. The molecule has 2 amide bonds. The van der Waals surface area contributed by atoms with Gasteiger partial charge in [-0.05, 0) is 100 Å². The van der Waals surface area contributed by atoms with Gasteiger partial charge in [0.1, 0.15) is 10.1 Å². The first-order valence-electron chi connectivity index (χ1n) is 14.8. The molecule has 9 nitrogen and oxygen atoms in total. The summed E-state index contributed by atoms with van der Waals surface area (Å²) in [5, 5.41) is 5.97. The SMILES string of the molecule is CCC1CCC(NC(=O)c2cc(C(=O)CC3CCC(NC(=O)c4ccc(C(C)=O)cc4)CC3)cc(S(=O)(=O)[O-])c2)CC1.[Na+]. The van der Waals surface area contributed by atoms with E-state index in [-0.39, 0.29) is 82.6 Å². The van der Waals surface area contributed by atoms with Gasteiger partial charge in [-0.15, -0.1) is 0 Å². The van der Waals surface area contributed by atoms with Crippen LogP contribution in [0.3, 0.4) is 0 Å². The Morgan fingerprint density at radius 3 is 1.67 bits per heavy atom. The normalized spacial score (nSPS) is 22.1. The van der Waals surface area contributed by atoms with Crippen LogP contribution in [0.15, 0.2) is 47.4 Å². The fraction of sp³-hybridized carbons (Fsp3) is 0.500. The summed E-state index contributed by atoms with van der Waals surface area (Å²) in [6.45, 7) is 3.62. The van der Waals surface area contributed by atoms with Gasteiger partial charge in [0, 0.05) is 40.8 Å². The Hall–Kier alpha value is -2.37. The zero-order valence-corrected chi connectivity index (χ0v) is 28.0. The third-order valence-corrected chi connectivity index (χ3v) is 9.56. The summed E-state index contributed by atoms with van der Waals surface area (Å²) in [5.41, 5.74) is 1.04. The fourth-order valence-corrected chi connectivity index (χ4v) is 6.58. The molecule has 11 heteroatoms. The van der Waals surface area contributed by atoms with Crippen LogP contribution in [0.1, 0.15) is 119 Å². The van der Waals surface area contributed by atoms with Gasteiger partial charge in [0.2, 0.25) is 0 Å². The maximum absolute atomic E-state index is 13.2. The van der Waals surface area contributed by atoms with Crippen molar-refractivity contribution >= 4 is 33.5 Å². The van der Waals surface area contributed by atoms with Crippen molar-refractivity contribution in [3.63, 3.8) is 0 Å².